The van der Waals surface area contributed by atoms with E-state index < -0.39 is 10.0 Å². The topological polar surface area (TPSA) is 113 Å². The van der Waals surface area contributed by atoms with E-state index >= 15 is 0 Å². The Balaban J connectivity index is 1.60. The van der Waals surface area contributed by atoms with Gasteiger partial charge in [-0.15, -0.1) is 0 Å². The minimum absolute atomic E-state index is 0.0949. The molecule has 3 rings (SSSR count). The summed E-state index contributed by atoms with van der Waals surface area (Å²) in [6.07, 6.45) is 3.58. The summed E-state index contributed by atoms with van der Waals surface area (Å²) in [6.45, 7) is 4.40. The number of methoxy groups -OCH3 is 1. The van der Waals surface area contributed by atoms with Gasteiger partial charge < -0.3 is 14.0 Å². The molecule has 144 valence electrons. The third-order valence-corrected chi connectivity index (χ3v) is 6.05. The molecule has 0 saturated carbocycles. The highest BCUT2D eigenvalue weighted by atomic mass is 32.2. The van der Waals surface area contributed by atoms with Gasteiger partial charge in [-0.1, -0.05) is 5.16 Å². The maximum Gasteiger partial charge on any atom is 0.252 e. The quantitative estimate of drug-likeness (QED) is 0.578. The predicted octanol–water partition coefficient (Wildman–Crippen LogP) is 0.627. The molecule has 1 saturated heterocycles. The molecule has 0 aliphatic carbocycles. The van der Waals surface area contributed by atoms with Crippen LogP contribution in [0.25, 0.3) is 0 Å². The van der Waals surface area contributed by atoms with Crippen molar-refractivity contribution >= 4 is 10.0 Å². The van der Waals surface area contributed by atoms with Crippen LogP contribution in [0.1, 0.15) is 31.0 Å². The highest BCUT2D eigenvalue weighted by molar-refractivity contribution is 7.89. The van der Waals surface area contributed by atoms with E-state index in [0.29, 0.717) is 51.0 Å². The van der Waals surface area contributed by atoms with Gasteiger partial charge in [-0.2, -0.15) is 14.4 Å². The zero-order valence-corrected chi connectivity index (χ0v) is 15.7. The summed E-state index contributed by atoms with van der Waals surface area (Å²) in [5.74, 6) is 0.793. The standard InChI is InChI=1S/C15H23N5O5S/c1-3-19-10-13(8-16-19)26(21,22)20-5-4-12(9-20)15-17-14(25-18-15)11-24-7-6-23-2/h8,10,12H,3-7,9,11H2,1-2H3. The van der Waals surface area contributed by atoms with Gasteiger partial charge in [0.1, 0.15) is 11.5 Å². The Kier molecular flexibility index (Phi) is 6.01. The van der Waals surface area contributed by atoms with Gasteiger partial charge >= 0.3 is 0 Å². The molecule has 0 amide bonds. The molecule has 10 nitrogen and oxygen atoms in total. The van der Waals surface area contributed by atoms with Crippen LogP contribution in [0.5, 0.6) is 0 Å². The van der Waals surface area contributed by atoms with E-state index in [0.717, 1.165) is 0 Å². The predicted molar refractivity (Wildman–Crippen MR) is 89.8 cm³/mol. The zero-order chi connectivity index (χ0) is 18.6. The highest BCUT2D eigenvalue weighted by Crippen LogP contribution is 2.29. The molecule has 1 atom stereocenters. The fraction of sp³-hybridized carbons (Fsp3) is 0.667. The largest absolute Gasteiger partial charge is 0.382 e. The molecule has 2 aromatic heterocycles. The van der Waals surface area contributed by atoms with Crippen molar-refractivity contribution in [3.05, 3.63) is 24.1 Å². The second-order valence-corrected chi connectivity index (χ2v) is 7.91. The van der Waals surface area contributed by atoms with Crippen molar-refractivity contribution in [2.75, 3.05) is 33.4 Å². The molecule has 1 unspecified atom stereocenters. The lowest BCUT2D eigenvalue weighted by Gasteiger charge is -2.14. The van der Waals surface area contributed by atoms with E-state index in [2.05, 4.69) is 15.2 Å². The first-order valence-electron chi connectivity index (χ1n) is 8.46. The molecule has 2 aromatic rings. The monoisotopic (exact) mass is 385 g/mol. The summed E-state index contributed by atoms with van der Waals surface area (Å²) in [7, 11) is -1.96. The van der Waals surface area contributed by atoms with E-state index in [1.165, 1.54) is 10.5 Å². The number of sulfonamides is 1. The second-order valence-electron chi connectivity index (χ2n) is 5.97. The number of aromatic nitrogens is 4. The van der Waals surface area contributed by atoms with E-state index in [1.54, 1.807) is 18.0 Å². The maximum absolute atomic E-state index is 12.7. The van der Waals surface area contributed by atoms with Gasteiger partial charge in [-0.05, 0) is 13.3 Å². The van der Waals surface area contributed by atoms with Crippen LogP contribution in [0.3, 0.4) is 0 Å². The minimum Gasteiger partial charge on any atom is -0.382 e. The molecule has 1 aliphatic rings. The molecular formula is C15H23N5O5S. The number of hydrogen-bond donors (Lipinski definition) is 0. The lowest BCUT2D eigenvalue weighted by atomic mass is 10.1. The summed E-state index contributed by atoms with van der Waals surface area (Å²) in [4.78, 5) is 4.52. The fourth-order valence-electron chi connectivity index (χ4n) is 2.75. The molecular weight excluding hydrogens is 362 g/mol. The average molecular weight is 385 g/mol. The molecule has 0 bridgehead atoms. The fourth-order valence-corrected chi connectivity index (χ4v) is 4.21. The van der Waals surface area contributed by atoms with Crippen LogP contribution in [0.2, 0.25) is 0 Å². The van der Waals surface area contributed by atoms with Crippen molar-refractivity contribution in [1.82, 2.24) is 24.2 Å². The normalized spacial score (nSPS) is 18.6. The second kappa shape index (κ2) is 8.25. The molecule has 26 heavy (non-hydrogen) atoms. The summed E-state index contributed by atoms with van der Waals surface area (Å²) in [5, 5.41) is 8.01. The van der Waals surface area contributed by atoms with Crippen molar-refractivity contribution in [1.29, 1.82) is 0 Å². The minimum atomic E-state index is -3.56. The van der Waals surface area contributed by atoms with Crippen molar-refractivity contribution in [3.8, 4) is 0 Å². The van der Waals surface area contributed by atoms with Crippen LogP contribution in [0, 0.1) is 0 Å². The van der Waals surface area contributed by atoms with Crippen LogP contribution in [-0.4, -0.2) is 66.1 Å². The van der Waals surface area contributed by atoms with Crippen molar-refractivity contribution in [3.63, 3.8) is 0 Å². The summed E-state index contributed by atoms with van der Waals surface area (Å²) >= 11 is 0. The zero-order valence-electron chi connectivity index (χ0n) is 14.9. The Bertz CT molecular complexity index is 818. The molecule has 0 spiro atoms. The van der Waals surface area contributed by atoms with Crippen molar-refractivity contribution < 1.29 is 22.4 Å². The number of aryl methyl sites for hydroxylation is 1. The first kappa shape index (κ1) is 19.0. The lowest BCUT2D eigenvalue weighted by Crippen LogP contribution is -2.28. The number of nitrogens with zero attached hydrogens (tertiary/aromatic N) is 5. The number of hydrogen-bond acceptors (Lipinski definition) is 8. The van der Waals surface area contributed by atoms with E-state index in [4.69, 9.17) is 14.0 Å². The average Bonchev–Trinajstić information content (AvgIpc) is 3.38. The molecule has 3 heterocycles. The highest BCUT2D eigenvalue weighted by Gasteiger charge is 2.36. The van der Waals surface area contributed by atoms with Gasteiger partial charge in [0.25, 0.3) is 5.89 Å². The van der Waals surface area contributed by atoms with Gasteiger partial charge in [0.05, 0.1) is 19.4 Å². The summed E-state index contributed by atoms with van der Waals surface area (Å²) < 4.78 is 43.9. The van der Waals surface area contributed by atoms with Gasteiger partial charge in [0, 0.05) is 38.9 Å². The Hall–Kier alpha value is -1.82. The third-order valence-electron chi connectivity index (χ3n) is 4.23. The van der Waals surface area contributed by atoms with Crippen molar-refractivity contribution in [2.45, 2.75) is 37.3 Å². The van der Waals surface area contributed by atoms with E-state index in [1.807, 2.05) is 6.92 Å². The van der Waals surface area contributed by atoms with E-state index in [-0.39, 0.29) is 17.4 Å². The summed E-state index contributed by atoms with van der Waals surface area (Å²) in [5.41, 5.74) is 0. The Morgan fingerprint density at radius 1 is 1.38 bits per heavy atom. The lowest BCUT2D eigenvalue weighted by molar-refractivity contribution is 0.0494. The Morgan fingerprint density at radius 2 is 2.23 bits per heavy atom. The van der Waals surface area contributed by atoms with Crippen LogP contribution in [-0.2, 0) is 32.6 Å². The molecule has 11 heteroatoms. The number of rotatable bonds is 9. The molecule has 0 radical (unpaired) electrons. The maximum atomic E-state index is 12.7. The van der Waals surface area contributed by atoms with Gasteiger partial charge in [-0.25, -0.2) is 8.42 Å². The first-order valence-corrected chi connectivity index (χ1v) is 9.90. The summed E-state index contributed by atoms with van der Waals surface area (Å²) in [6, 6.07) is 0. The van der Waals surface area contributed by atoms with Crippen LogP contribution >= 0.6 is 0 Å². The molecule has 1 fully saturated rings. The van der Waals surface area contributed by atoms with Crippen LogP contribution < -0.4 is 0 Å². The van der Waals surface area contributed by atoms with Crippen LogP contribution in [0.15, 0.2) is 21.8 Å². The SMILES string of the molecule is CCn1cc(S(=O)(=O)N2CCC(c3noc(COCCOC)n3)C2)cn1. The van der Waals surface area contributed by atoms with Gasteiger partial charge in [0.15, 0.2) is 5.82 Å². The Morgan fingerprint density at radius 3 is 2.96 bits per heavy atom. The first-order chi connectivity index (χ1) is 12.5. The number of ether oxygens (including phenoxy) is 2. The van der Waals surface area contributed by atoms with Crippen molar-refractivity contribution in [2.24, 2.45) is 0 Å². The molecule has 1 aliphatic heterocycles. The van der Waals surface area contributed by atoms with E-state index in [9.17, 15) is 8.42 Å². The Labute approximate surface area is 152 Å². The third kappa shape index (κ3) is 4.11. The molecule has 0 aromatic carbocycles. The molecule has 0 N–H and O–H groups in total. The van der Waals surface area contributed by atoms with Gasteiger partial charge in [-0.3, -0.25) is 4.68 Å². The smallest absolute Gasteiger partial charge is 0.252 e. The van der Waals surface area contributed by atoms with Gasteiger partial charge in [0.2, 0.25) is 10.0 Å². The van der Waals surface area contributed by atoms with Crippen LogP contribution in [0.4, 0.5) is 0 Å².